The van der Waals surface area contributed by atoms with E-state index in [2.05, 4.69) is 9.97 Å². The molecule has 2 aromatic heterocycles. The van der Waals surface area contributed by atoms with Crippen LogP contribution in [0.3, 0.4) is 0 Å². The van der Waals surface area contributed by atoms with Crippen LogP contribution in [0, 0.1) is 12.7 Å². The highest BCUT2D eigenvalue weighted by Crippen LogP contribution is 2.35. The summed E-state index contributed by atoms with van der Waals surface area (Å²) >= 11 is 1.37. The Morgan fingerprint density at radius 3 is 2.73 bits per heavy atom. The molecule has 0 radical (unpaired) electrons. The second kappa shape index (κ2) is 8.47. The van der Waals surface area contributed by atoms with Gasteiger partial charge in [0.1, 0.15) is 10.7 Å². The number of amides is 1. The lowest BCUT2D eigenvalue weighted by atomic mass is 9.89. The first-order chi connectivity index (χ1) is 14.5. The van der Waals surface area contributed by atoms with Gasteiger partial charge in [-0.2, -0.15) is 0 Å². The van der Waals surface area contributed by atoms with Crippen molar-refractivity contribution in [3.8, 4) is 11.1 Å². The van der Waals surface area contributed by atoms with Crippen LogP contribution in [0.1, 0.15) is 39.8 Å². The van der Waals surface area contributed by atoms with Crippen LogP contribution in [0.4, 0.5) is 10.3 Å². The van der Waals surface area contributed by atoms with E-state index in [4.69, 9.17) is 4.98 Å². The number of nitrogens with zero attached hydrogens (tertiary/aromatic N) is 5. The van der Waals surface area contributed by atoms with E-state index >= 15 is 0 Å². The fourth-order valence-electron chi connectivity index (χ4n) is 3.83. The zero-order valence-corrected chi connectivity index (χ0v) is 18.1. The van der Waals surface area contributed by atoms with Gasteiger partial charge >= 0.3 is 0 Å². The Morgan fingerprint density at radius 2 is 2.03 bits per heavy atom. The van der Waals surface area contributed by atoms with Gasteiger partial charge in [0.25, 0.3) is 5.91 Å². The van der Waals surface area contributed by atoms with Gasteiger partial charge in [-0.15, -0.1) is 11.3 Å². The van der Waals surface area contributed by atoms with E-state index in [9.17, 15) is 9.18 Å². The van der Waals surface area contributed by atoms with Gasteiger partial charge in [-0.05, 0) is 25.8 Å². The lowest BCUT2D eigenvalue weighted by Crippen LogP contribution is -2.39. The number of carbonyl (C=O) groups excluding carboxylic acids is 1. The third-order valence-electron chi connectivity index (χ3n) is 5.40. The number of rotatable bonds is 4. The first kappa shape index (κ1) is 20.4. The summed E-state index contributed by atoms with van der Waals surface area (Å²) in [7, 11) is 3.76. The lowest BCUT2D eigenvalue weighted by Gasteiger charge is -2.33. The van der Waals surface area contributed by atoms with Crippen LogP contribution in [-0.4, -0.2) is 52.9 Å². The van der Waals surface area contributed by atoms with Crippen molar-refractivity contribution in [1.82, 2.24) is 19.9 Å². The number of aromatic nitrogens is 3. The summed E-state index contributed by atoms with van der Waals surface area (Å²) in [5.74, 6) is 0.289. The van der Waals surface area contributed by atoms with Crippen molar-refractivity contribution in [3.05, 3.63) is 58.1 Å². The Hall–Kier alpha value is -2.87. The number of hydrogen-bond donors (Lipinski definition) is 0. The zero-order chi connectivity index (χ0) is 21.3. The molecular weight excluding hydrogens is 401 g/mol. The minimum atomic E-state index is -0.302. The molecule has 0 saturated carbocycles. The summed E-state index contributed by atoms with van der Waals surface area (Å²) < 4.78 is 14.6. The van der Waals surface area contributed by atoms with E-state index in [0.717, 1.165) is 24.2 Å². The molecule has 156 valence electrons. The number of aryl methyl sites for hydroxylation is 1. The third kappa shape index (κ3) is 3.92. The maximum Gasteiger partial charge on any atom is 0.265 e. The summed E-state index contributed by atoms with van der Waals surface area (Å²) in [6.07, 6.45) is 3.45. The summed E-state index contributed by atoms with van der Waals surface area (Å²) in [5, 5.41) is 0. The van der Waals surface area contributed by atoms with Crippen LogP contribution >= 0.6 is 11.3 Å². The summed E-state index contributed by atoms with van der Waals surface area (Å²) in [6.45, 7) is 3.10. The topological polar surface area (TPSA) is 62.2 Å². The Labute approximate surface area is 179 Å². The molecule has 1 aromatic carbocycles. The number of halogens is 1. The van der Waals surface area contributed by atoms with Crippen molar-refractivity contribution in [2.45, 2.75) is 25.7 Å². The number of anilines is 1. The molecule has 1 aliphatic heterocycles. The third-order valence-corrected chi connectivity index (χ3v) is 6.32. The normalized spacial score (nSPS) is 16.5. The van der Waals surface area contributed by atoms with Crippen molar-refractivity contribution in [2.75, 3.05) is 32.1 Å². The molecule has 1 amide bonds. The molecule has 1 saturated heterocycles. The number of benzene rings is 1. The molecular formula is C22H24FN5OS. The van der Waals surface area contributed by atoms with Gasteiger partial charge in [0.15, 0.2) is 0 Å². The van der Waals surface area contributed by atoms with E-state index in [1.54, 1.807) is 23.8 Å². The van der Waals surface area contributed by atoms with Crippen molar-refractivity contribution in [2.24, 2.45) is 0 Å². The summed E-state index contributed by atoms with van der Waals surface area (Å²) in [5.41, 5.74) is 4.42. The highest BCUT2D eigenvalue weighted by atomic mass is 32.1. The van der Waals surface area contributed by atoms with Gasteiger partial charge in [-0.1, -0.05) is 18.2 Å². The zero-order valence-electron chi connectivity index (χ0n) is 17.3. The van der Waals surface area contributed by atoms with Crippen LogP contribution in [0.15, 0.2) is 36.0 Å². The van der Waals surface area contributed by atoms with Gasteiger partial charge in [-0.3, -0.25) is 4.79 Å². The molecule has 0 bridgehead atoms. The minimum absolute atomic E-state index is 0.00670. The Balaban J connectivity index is 1.71. The van der Waals surface area contributed by atoms with Gasteiger partial charge in [-0.25, -0.2) is 19.3 Å². The van der Waals surface area contributed by atoms with E-state index in [1.807, 2.05) is 36.9 Å². The summed E-state index contributed by atoms with van der Waals surface area (Å²) in [4.78, 5) is 30.8. The SMILES string of the molecule is Cc1ncsc1C(=O)N1CCC[C@@H](c2nc(N(C)C)ncc2-c2ccccc2F)C1. The number of hydrogen-bond acceptors (Lipinski definition) is 6. The van der Waals surface area contributed by atoms with Crippen molar-refractivity contribution in [3.63, 3.8) is 0 Å². The van der Waals surface area contributed by atoms with Crippen molar-refractivity contribution in [1.29, 1.82) is 0 Å². The van der Waals surface area contributed by atoms with Crippen LogP contribution in [-0.2, 0) is 0 Å². The maximum atomic E-state index is 14.6. The average Bonchev–Trinajstić information content (AvgIpc) is 3.19. The van der Waals surface area contributed by atoms with E-state index in [-0.39, 0.29) is 17.6 Å². The number of piperidine rings is 1. The first-order valence-electron chi connectivity index (χ1n) is 9.94. The highest BCUT2D eigenvalue weighted by molar-refractivity contribution is 7.11. The van der Waals surface area contributed by atoms with Crippen LogP contribution in [0.5, 0.6) is 0 Å². The molecule has 8 heteroatoms. The van der Waals surface area contributed by atoms with Gasteiger partial charge in [0.05, 0.1) is 16.9 Å². The molecule has 6 nitrogen and oxygen atoms in total. The van der Waals surface area contributed by atoms with Crippen LogP contribution in [0.25, 0.3) is 11.1 Å². The Kier molecular flexibility index (Phi) is 5.76. The Bertz CT molecular complexity index is 1070. The predicted octanol–water partition coefficient (Wildman–Crippen LogP) is 4.13. The van der Waals surface area contributed by atoms with Gasteiger partial charge in [0.2, 0.25) is 5.95 Å². The fraction of sp³-hybridized carbons (Fsp3) is 0.364. The molecule has 1 atom stereocenters. The van der Waals surface area contributed by atoms with Gasteiger partial charge in [0, 0.05) is 50.4 Å². The number of thiazole rings is 1. The largest absolute Gasteiger partial charge is 0.347 e. The predicted molar refractivity (Wildman–Crippen MR) is 116 cm³/mol. The van der Waals surface area contributed by atoms with E-state index < -0.39 is 0 Å². The van der Waals surface area contributed by atoms with E-state index in [1.165, 1.54) is 17.4 Å². The highest BCUT2D eigenvalue weighted by Gasteiger charge is 2.30. The minimum Gasteiger partial charge on any atom is -0.347 e. The molecule has 0 spiro atoms. The smallest absolute Gasteiger partial charge is 0.265 e. The van der Waals surface area contributed by atoms with Crippen molar-refractivity contribution < 1.29 is 9.18 Å². The number of carbonyl (C=O) groups is 1. The fourth-order valence-corrected chi connectivity index (χ4v) is 4.60. The quantitative estimate of drug-likeness (QED) is 0.629. The molecule has 4 rings (SSSR count). The van der Waals surface area contributed by atoms with Gasteiger partial charge < -0.3 is 9.80 Å². The molecule has 0 N–H and O–H groups in total. The van der Waals surface area contributed by atoms with E-state index in [0.29, 0.717) is 35.0 Å². The number of likely N-dealkylation sites (tertiary alicyclic amines) is 1. The maximum absolute atomic E-state index is 14.6. The summed E-state index contributed by atoms with van der Waals surface area (Å²) in [6, 6.07) is 6.68. The van der Waals surface area contributed by atoms with Crippen molar-refractivity contribution >= 4 is 23.2 Å². The molecule has 0 unspecified atom stereocenters. The Morgan fingerprint density at radius 1 is 1.23 bits per heavy atom. The average molecular weight is 426 g/mol. The molecule has 1 fully saturated rings. The van der Waals surface area contributed by atoms with Crippen LogP contribution < -0.4 is 4.90 Å². The first-order valence-corrected chi connectivity index (χ1v) is 10.8. The molecule has 0 aliphatic carbocycles. The second-order valence-corrected chi connectivity index (χ2v) is 8.56. The molecule has 3 heterocycles. The molecule has 30 heavy (non-hydrogen) atoms. The molecule has 1 aliphatic rings. The standard InChI is InChI=1S/C22H24FN5OS/c1-14-20(30-13-25-14)21(29)28-10-6-7-15(12-28)19-17(11-24-22(26-19)27(2)3)16-8-4-5-9-18(16)23/h4-5,8-9,11,13,15H,6-7,10,12H2,1-3H3/t15-/m1/s1. The second-order valence-electron chi connectivity index (χ2n) is 7.70. The monoisotopic (exact) mass is 425 g/mol. The lowest BCUT2D eigenvalue weighted by molar-refractivity contribution is 0.0710. The molecule has 3 aromatic rings. The van der Waals surface area contributed by atoms with Crippen LogP contribution in [0.2, 0.25) is 0 Å².